The molecule has 54 valence electrons. The highest BCUT2D eigenvalue weighted by atomic mass is 35.5. The van der Waals surface area contributed by atoms with Gasteiger partial charge in [-0.2, -0.15) is 8.75 Å². The second kappa shape index (κ2) is 2.36. The maximum absolute atomic E-state index is 5.69. The van der Waals surface area contributed by atoms with Crippen molar-refractivity contribution >= 4 is 29.1 Å². The fourth-order valence-electron chi connectivity index (χ4n) is 0.685. The number of hydrogen-bond acceptors (Lipinski definition) is 4. The van der Waals surface area contributed by atoms with E-state index in [1.807, 2.05) is 0 Å². The Bertz CT molecular complexity index is 233. The first kappa shape index (κ1) is 6.37. The number of halogens is 1. The smallest absolute Gasteiger partial charge is 0.186 e. The Morgan fingerprint density at radius 1 is 1.50 bits per heavy atom. The van der Waals surface area contributed by atoms with E-state index in [1.54, 1.807) is 0 Å². The maximum atomic E-state index is 5.69. The van der Waals surface area contributed by atoms with E-state index in [0.717, 1.165) is 17.5 Å². The molecule has 0 atom stereocenters. The summed E-state index contributed by atoms with van der Waals surface area (Å²) < 4.78 is 7.81. The number of nitrogens with zero attached hydrogens (tertiary/aromatic N) is 2. The molecule has 3 nitrogen and oxygen atoms in total. The highest BCUT2D eigenvalue weighted by molar-refractivity contribution is 6.99. The summed E-state index contributed by atoms with van der Waals surface area (Å²) >= 11 is 6.83. The van der Waals surface area contributed by atoms with Crippen LogP contribution in [0.2, 0.25) is 5.15 Å². The minimum absolute atomic E-state index is 0.497. The van der Waals surface area contributed by atoms with Gasteiger partial charge in [0.1, 0.15) is 0 Å². The molecule has 1 aromatic rings. The fourth-order valence-corrected chi connectivity index (χ4v) is 1.34. The van der Waals surface area contributed by atoms with Crippen molar-refractivity contribution in [3.63, 3.8) is 0 Å². The van der Waals surface area contributed by atoms with Crippen LogP contribution in [0, 0.1) is 0 Å². The van der Waals surface area contributed by atoms with E-state index < -0.39 is 0 Å². The van der Waals surface area contributed by atoms with Crippen molar-refractivity contribution in [1.29, 1.82) is 0 Å². The van der Waals surface area contributed by atoms with Crippen LogP contribution in [-0.4, -0.2) is 14.8 Å². The monoisotopic (exact) mass is 175 g/mol. The topological polar surface area (TPSA) is 37.8 Å². The lowest BCUT2D eigenvalue weighted by atomic mass is 10.6. The summed E-state index contributed by atoms with van der Waals surface area (Å²) in [7, 11) is 0. The summed E-state index contributed by atoms with van der Waals surface area (Å²) in [6.45, 7) is 0. The van der Waals surface area contributed by atoms with Crippen molar-refractivity contribution in [3.8, 4) is 0 Å². The molecule has 1 saturated carbocycles. The molecule has 10 heavy (non-hydrogen) atoms. The van der Waals surface area contributed by atoms with Crippen LogP contribution in [-0.2, 0) is 0 Å². The average Bonchev–Trinajstić information content (AvgIpc) is 2.62. The largest absolute Gasteiger partial charge is 0.364 e. The molecule has 1 aliphatic carbocycles. The van der Waals surface area contributed by atoms with Crippen LogP contribution in [0.5, 0.6) is 0 Å². The van der Waals surface area contributed by atoms with E-state index >= 15 is 0 Å². The highest BCUT2D eigenvalue weighted by Crippen LogP contribution is 2.27. The third-order valence-corrected chi connectivity index (χ3v) is 2.26. The Balaban J connectivity index is 2.08. The molecule has 1 aliphatic rings. The van der Waals surface area contributed by atoms with Crippen LogP contribution in [0.4, 0.5) is 5.82 Å². The van der Waals surface area contributed by atoms with Gasteiger partial charge in [0.25, 0.3) is 0 Å². The number of aromatic nitrogens is 2. The van der Waals surface area contributed by atoms with Gasteiger partial charge in [0.05, 0.1) is 11.7 Å². The summed E-state index contributed by atoms with van der Waals surface area (Å²) in [6, 6.07) is 0.599. The van der Waals surface area contributed by atoms with Gasteiger partial charge >= 0.3 is 0 Å². The summed E-state index contributed by atoms with van der Waals surface area (Å²) in [4.78, 5) is 0. The SMILES string of the molecule is Clc1nsnc1NC1CC1. The Morgan fingerprint density at radius 2 is 2.30 bits per heavy atom. The Morgan fingerprint density at radius 3 is 2.80 bits per heavy atom. The molecule has 0 unspecified atom stereocenters. The standard InChI is InChI=1S/C5H6ClN3S/c6-4-5(9-10-8-4)7-3-1-2-3/h3H,1-2H2,(H,7,9). The number of nitrogens with one attached hydrogen (secondary N) is 1. The minimum Gasteiger partial charge on any atom is -0.364 e. The molecule has 0 saturated heterocycles. The van der Waals surface area contributed by atoms with Crippen molar-refractivity contribution in [2.45, 2.75) is 18.9 Å². The van der Waals surface area contributed by atoms with E-state index in [-0.39, 0.29) is 0 Å². The van der Waals surface area contributed by atoms with Crippen molar-refractivity contribution in [2.24, 2.45) is 0 Å². The predicted octanol–water partition coefficient (Wildman–Crippen LogP) is 1.77. The first-order valence-corrected chi connectivity index (χ1v) is 4.21. The second-order valence-corrected chi connectivity index (χ2v) is 3.21. The predicted molar refractivity (Wildman–Crippen MR) is 41.6 cm³/mol. The normalized spacial score (nSPS) is 17.3. The van der Waals surface area contributed by atoms with E-state index in [4.69, 9.17) is 11.6 Å². The van der Waals surface area contributed by atoms with Gasteiger partial charge in [0, 0.05) is 6.04 Å². The van der Waals surface area contributed by atoms with Crippen molar-refractivity contribution in [3.05, 3.63) is 5.15 Å². The third kappa shape index (κ3) is 1.22. The number of anilines is 1. The first-order valence-electron chi connectivity index (χ1n) is 3.11. The van der Waals surface area contributed by atoms with Crippen molar-refractivity contribution < 1.29 is 0 Å². The van der Waals surface area contributed by atoms with Gasteiger partial charge in [0.15, 0.2) is 11.0 Å². The molecule has 1 heterocycles. The molecule has 1 fully saturated rings. The van der Waals surface area contributed by atoms with Crippen LogP contribution in [0.15, 0.2) is 0 Å². The molecule has 1 aromatic heterocycles. The lowest BCUT2D eigenvalue weighted by Crippen LogP contribution is -2.00. The van der Waals surface area contributed by atoms with Crippen molar-refractivity contribution in [1.82, 2.24) is 8.75 Å². The zero-order chi connectivity index (χ0) is 6.97. The van der Waals surface area contributed by atoms with Gasteiger partial charge in [-0.05, 0) is 12.8 Å². The molecule has 0 radical (unpaired) electrons. The molecular weight excluding hydrogens is 170 g/mol. The molecule has 5 heteroatoms. The summed E-state index contributed by atoms with van der Waals surface area (Å²) in [6.07, 6.45) is 2.46. The Labute approximate surface area is 67.7 Å². The van der Waals surface area contributed by atoms with Crippen molar-refractivity contribution in [2.75, 3.05) is 5.32 Å². The molecule has 0 spiro atoms. The summed E-state index contributed by atoms with van der Waals surface area (Å²) in [5.41, 5.74) is 0. The van der Waals surface area contributed by atoms with Crippen LogP contribution in [0.3, 0.4) is 0 Å². The number of rotatable bonds is 2. The molecule has 0 aromatic carbocycles. The molecule has 0 bridgehead atoms. The lowest BCUT2D eigenvalue weighted by molar-refractivity contribution is 1.14. The van der Waals surface area contributed by atoms with E-state index in [1.165, 1.54) is 12.8 Å². The van der Waals surface area contributed by atoms with Gasteiger partial charge in [-0.3, -0.25) is 0 Å². The van der Waals surface area contributed by atoms with E-state index in [0.29, 0.717) is 11.2 Å². The van der Waals surface area contributed by atoms with Crippen LogP contribution in [0.1, 0.15) is 12.8 Å². The average molecular weight is 176 g/mol. The van der Waals surface area contributed by atoms with Crippen LogP contribution < -0.4 is 5.32 Å². The number of hydrogen-bond donors (Lipinski definition) is 1. The Kier molecular flexibility index (Phi) is 1.50. The lowest BCUT2D eigenvalue weighted by Gasteiger charge is -1.95. The van der Waals surface area contributed by atoms with Crippen LogP contribution >= 0.6 is 23.3 Å². The zero-order valence-corrected chi connectivity index (χ0v) is 6.74. The van der Waals surface area contributed by atoms with Gasteiger partial charge in [0.2, 0.25) is 0 Å². The fraction of sp³-hybridized carbons (Fsp3) is 0.600. The third-order valence-electron chi connectivity index (χ3n) is 1.37. The molecule has 0 amide bonds. The quantitative estimate of drug-likeness (QED) is 0.745. The first-order chi connectivity index (χ1) is 4.86. The van der Waals surface area contributed by atoms with Gasteiger partial charge in [-0.15, -0.1) is 0 Å². The van der Waals surface area contributed by atoms with Gasteiger partial charge in [-0.25, -0.2) is 0 Å². The molecule has 0 aliphatic heterocycles. The van der Waals surface area contributed by atoms with E-state index in [2.05, 4.69) is 14.1 Å². The molecule has 1 N–H and O–H groups in total. The molecule has 2 rings (SSSR count). The highest BCUT2D eigenvalue weighted by Gasteiger charge is 2.22. The summed E-state index contributed by atoms with van der Waals surface area (Å²) in [5.74, 6) is 0.745. The van der Waals surface area contributed by atoms with Gasteiger partial charge < -0.3 is 5.32 Å². The van der Waals surface area contributed by atoms with Crippen LogP contribution in [0.25, 0.3) is 0 Å². The summed E-state index contributed by atoms with van der Waals surface area (Å²) in [5, 5.41) is 3.67. The maximum Gasteiger partial charge on any atom is 0.186 e. The molecular formula is C5H6ClN3S. The second-order valence-electron chi connectivity index (χ2n) is 2.32. The Hall–Kier alpha value is -0.350. The van der Waals surface area contributed by atoms with Gasteiger partial charge in [-0.1, -0.05) is 11.6 Å². The zero-order valence-electron chi connectivity index (χ0n) is 5.17. The van der Waals surface area contributed by atoms with E-state index in [9.17, 15) is 0 Å². The minimum atomic E-state index is 0.497.